The molecule has 0 aliphatic rings. The van der Waals surface area contributed by atoms with Crippen LogP contribution < -0.4 is 5.32 Å². The Bertz CT molecular complexity index is 336. The van der Waals surface area contributed by atoms with Gasteiger partial charge in [0.05, 0.1) is 7.11 Å². The molecule has 6 heteroatoms. The van der Waals surface area contributed by atoms with Crippen LogP contribution in [0.3, 0.4) is 0 Å². The van der Waals surface area contributed by atoms with Gasteiger partial charge in [-0.1, -0.05) is 11.6 Å². The van der Waals surface area contributed by atoms with Gasteiger partial charge >= 0.3 is 5.97 Å². The van der Waals surface area contributed by atoms with E-state index in [4.69, 9.17) is 11.6 Å². The molecule has 3 nitrogen and oxygen atoms in total. The molecule has 0 bridgehead atoms. The molecule has 1 aromatic heterocycles. The maximum Gasteiger partial charge on any atom is 0.322 e. The van der Waals surface area contributed by atoms with E-state index >= 15 is 0 Å². The van der Waals surface area contributed by atoms with Gasteiger partial charge in [0.15, 0.2) is 0 Å². The second-order valence-electron chi connectivity index (χ2n) is 2.96. The molecule has 15 heavy (non-hydrogen) atoms. The normalized spacial score (nSPS) is 12.5. The van der Waals surface area contributed by atoms with Crippen molar-refractivity contribution >= 4 is 44.8 Å². The van der Waals surface area contributed by atoms with Crippen LogP contribution in [0.1, 0.15) is 11.8 Å². The first-order valence-electron chi connectivity index (χ1n) is 4.29. The summed E-state index contributed by atoms with van der Waals surface area (Å²) in [4.78, 5) is 12.2. The van der Waals surface area contributed by atoms with Gasteiger partial charge in [0.2, 0.25) is 0 Å². The summed E-state index contributed by atoms with van der Waals surface area (Å²) in [5.74, 6) is -0.267. The zero-order chi connectivity index (χ0) is 11.4. The summed E-state index contributed by atoms with van der Waals surface area (Å²) in [6.07, 6.45) is 0. The molecular weight excluding hydrogens is 302 g/mol. The molecular formula is C9H11BrClNO2S. The monoisotopic (exact) mass is 311 g/mol. The number of thiophene rings is 1. The Balaban J connectivity index is 2.47. The van der Waals surface area contributed by atoms with Gasteiger partial charge in [-0.2, -0.15) is 0 Å². The molecule has 1 N–H and O–H groups in total. The first-order valence-corrected chi connectivity index (χ1v) is 6.28. The number of rotatable bonds is 4. The first kappa shape index (κ1) is 13.0. The van der Waals surface area contributed by atoms with E-state index in [0.29, 0.717) is 6.54 Å². The summed E-state index contributed by atoms with van der Waals surface area (Å²) in [6.45, 7) is 2.36. The zero-order valence-corrected chi connectivity index (χ0v) is 11.5. The Morgan fingerprint density at radius 3 is 2.93 bits per heavy atom. The fraction of sp³-hybridized carbons (Fsp3) is 0.444. The predicted octanol–water partition coefficient (Wildman–Crippen LogP) is 2.82. The van der Waals surface area contributed by atoms with E-state index in [1.165, 1.54) is 18.4 Å². The van der Waals surface area contributed by atoms with Crippen molar-refractivity contribution < 1.29 is 9.53 Å². The maximum atomic E-state index is 11.1. The maximum absolute atomic E-state index is 11.1. The Morgan fingerprint density at radius 2 is 2.47 bits per heavy atom. The molecule has 1 aromatic rings. The summed E-state index contributed by atoms with van der Waals surface area (Å²) in [7, 11) is 1.37. The number of carbonyl (C=O) groups is 1. The standard InChI is InChI=1S/C9H11BrClNO2S/c1-5(9(13)14-2)12-4-6-3-7(10)8(11)15-6/h3,5,12H,4H2,1-2H3. The van der Waals surface area contributed by atoms with E-state index in [-0.39, 0.29) is 12.0 Å². The molecule has 0 saturated heterocycles. The van der Waals surface area contributed by atoms with Crippen LogP contribution in [0.15, 0.2) is 10.5 Å². The lowest BCUT2D eigenvalue weighted by Crippen LogP contribution is -2.34. The van der Waals surface area contributed by atoms with Gasteiger partial charge in [0.25, 0.3) is 0 Å². The lowest BCUT2D eigenvalue weighted by Gasteiger charge is -2.09. The summed E-state index contributed by atoms with van der Waals surface area (Å²) in [5, 5.41) is 3.05. The molecule has 0 aromatic carbocycles. The fourth-order valence-electron chi connectivity index (χ4n) is 0.992. The molecule has 84 valence electrons. The molecule has 0 fully saturated rings. The van der Waals surface area contributed by atoms with Gasteiger partial charge in [-0.05, 0) is 28.9 Å². The Hall–Kier alpha value is -0.100. The summed E-state index contributed by atoms with van der Waals surface area (Å²) in [5.41, 5.74) is 0. The molecule has 1 atom stereocenters. The minimum atomic E-state index is -0.311. The van der Waals surface area contributed by atoms with E-state index in [9.17, 15) is 4.79 Å². The highest BCUT2D eigenvalue weighted by Gasteiger charge is 2.12. The summed E-state index contributed by atoms with van der Waals surface area (Å²) >= 11 is 10.7. The van der Waals surface area contributed by atoms with Crippen molar-refractivity contribution in [3.05, 3.63) is 19.8 Å². The third-order valence-electron chi connectivity index (χ3n) is 1.83. The minimum absolute atomic E-state index is 0.267. The number of esters is 1. The van der Waals surface area contributed by atoms with Crippen LogP contribution in [0.25, 0.3) is 0 Å². The molecule has 0 spiro atoms. The van der Waals surface area contributed by atoms with E-state index in [1.807, 2.05) is 6.07 Å². The average Bonchev–Trinajstić information content (AvgIpc) is 2.54. The number of methoxy groups -OCH3 is 1. The fourth-order valence-corrected chi connectivity index (χ4v) is 2.73. The van der Waals surface area contributed by atoms with Crippen LogP contribution in [-0.2, 0) is 16.1 Å². The van der Waals surface area contributed by atoms with Crippen LogP contribution in [0, 0.1) is 0 Å². The van der Waals surface area contributed by atoms with Crippen molar-refractivity contribution in [3.8, 4) is 0 Å². The Kier molecular flexibility index (Phi) is 5.05. The van der Waals surface area contributed by atoms with Gasteiger partial charge in [-0.3, -0.25) is 10.1 Å². The van der Waals surface area contributed by atoms with Crippen LogP contribution in [0.4, 0.5) is 0 Å². The number of ether oxygens (including phenoxy) is 1. The highest BCUT2D eigenvalue weighted by molar-refractivity contribution is 9.10. The van der Waals surface area contributed by atoms with E-state index < -0.39 is 0 Å². The Labute approximate surface area is 106 Å². The summed E-state index contributed by atoms with van der Waals surface area (Å²) < 4.78 is 6.20. The lowest BCUT2D eigenvalue weighted by molar-refractivity contribution is -0.142. The number of hydrogen-bond acceptors (Lipinski definition) is 4. The lowest BCUT2D eigenvalue weighted by atomic mass is 10.3. The molecule has 0 aliphatic carbocycles. The van der Waals surface area contributed by atoms with Crippen molar-refractivity contribution in [1.82, 2.24) is 5.32 Å². The molecule has 1 rings (SSSR count). The number of nitrogens with one attached hydrogen (secondary N) is 1. The number of hydrogen-bond donors (Lipinski definition) is 1. The highest BCUT2D eigenvalue weighted by Crippen LogP contribution is 2.31. The second kappa shape index (κ2) is 5.84. The molecule has 0 radical (unpaired) electrons. The second-order valence-corrected chi connectivity index (χ2v) is 5.55. The average molecular weight is 313 g/mol. The number of halogens is 2. The van der Waals surface area contributed by atoms with Crippen LogP contribution in [0.2, 0.25) is 4.34 Å². The van der Waals surface area contributed by atoms with Gasteiger partial charge in [-0.25, -0.2) is 0 Å². The quantitative estimate of drug-likeness (QED) is 0.869. The third kappa shape index (κ3) is 3.75. The molecule has 0 amide bonds. The highest BCUT2D eigenvalue weighted by atomic mass is 79.9. The van der Waals surface area contributed by atoms with Crippen molar-refractivity contribution in [2.75, 3.05) is 7.11 Å². The largest absolute Gasteiger partial charge is 0.468 e. The van der Waals surface area contributed by atoms with Crippen molar-refractivity contribution in [2.45, 2.75) is 19.5 Å². The van der Waals surface area contributed by atoms with Gasteiger partial charge in [0.1, 0.15) is 10.4 Å². The predicted molar refractivity (Wildman–Crippen MR) is 65.3 cm³/mol. The molecule has 1 unspecified atom stereocenters. The topological polar surface area (TPSA) is 38.3 Å². The SMILES string of the molecule is COC(=O)C(C)NCc1cc(Br)c(Cl)s1. The van der Waals surface area contributed by atoms with Gasteiger partial charge in [0, 0.05) is 15.9 Å². The van der Waals surface area contributed by atoms with Gasteiger partial charge in [-0.15, -0.1) is 11.3 Å². The van der Waals surface area contributed by atoms with Crippen LogP contribution in [0.5, 0.6) is 0 Å². The number of carbonyl (C=O) groups excluding carboxylic acids is 1. The smallest absolute Gasteiger partial charge is 0.322 e. The van der Waals surface area contributed by atoms with E-state index in [1.54, 1.807) is 6.92 Å². The van der Waals surface area contributed by atoms with Crippen molar-refractivity contribution in [2.24, 2.45) is 0 Å². The Morgan fingerprint density at radius 1 is 1.80 bits per heavy atom. The van der Waals surface area contributed by atoms with Crippen molar-refractivity contribution in [1.29, 1.82) is 0 Å². The van der Waals surface area contributed by atoms with E-state index in [2.05, 4.69) is 26.0 Å². The third-order valence-corrected chi connectivity index (χ3v) is 4.31. The summed E-state index contributed by atoms with van der Waals surface area (Å²) in [6, 6.07) is 1.62. The molecule has 0 saturated carbocycles. The zero-order valence-electron chi connectivity index (χ0n) is 8.34. The van der Waals surface area contributed by atoms with Crippen molar-refractivity contribution in [3.63, 3.8) is 0 Å². The molecule has 1 heterocycles. The molecule has 0 aliphatic heterocycles. The first-order chi connectivity index (χ1) is 7.04. The van der Waals surface area contributed by atoms with E-state index in [0.717, 1.165) is 13.7 Å². The van der Waals surface area contributed by atoms with Gasteiger partial charge < -0.3 is 4.74 Å². The van der Waals surface area contributed by atoms with Crippen LogP contribution >= 0.6 is 38.9 Å². The van der Waals surface area contributed by atoms with Crippen LogP contribution in [-0.4, -0.2) is 19.1 Å². The minimum Gasteiger partial charge on any atom is -0.468 e.